The van der Waals surface area contributed by atoms with E-state index in [0.717, 1.165) is 6.42 Å². The molecule has 0 amide bonds. The van der Waals surface area contributed by atoms with Crippen LogP contribution in [0.3, 0.4) is 0 Å². The van der Waals surface area contributed by atoms with Gasteiger partial charge >= 0.3 is 0 Å². The zero-order chi connectivity index (χ0) is 14.3. The van der Waals surface area contributed by atoms with E-state index in [1.54, 1.807) is 6.08 Å². The molecule has 0 heterocycles. The van der Waals surface area contributed by atoms with E-state index in [4.69, 9.17) is 5.11 Å². The summed E-state index contributed by atoms with van der Waals surface area (Å²) >= 11 is 0. The molecule has 0 aromatic heterocycles. The van der Waals surface area contributed by atoms with Crippen LogP contribution in [0.1, 0.15) is 58.8 Å². The van der Waals surface area contributed by atoms with E-state index in [-0.39, 0.29) is 0 Å². The van der Waals surface area contributed by atoms with Crippen LogP contribution in [0.15, 0.2) is 12.2 Å². The normalized spacial score (nSPS) is 13.3. The fraction of sp³-hybridized carbons (Fsp3) is 0.647. The number of hydrogen-bond donors (Lipinski definition) is 2. The highest BCUT2D eigenvalue weighted by atomic mass is 16.3. The lowest BCUT2D eigenvalue weighted by Crippen LogP contribution is -1.99. The maximum absolute atomic E-state index is 9.52. The molecule has 0 bridgehead atoms. The molecule has 0 fully saturated rings. The molecule has 2 N–H and O–H groups in total. The van der Waals surface area contributed by atoms with Gasteiger partial charge in [0.05, 0.1) is 0 Å². The first-order valence-corrected chi connectivity index (χ1v) is 7.24. The van der Waals surface area contributed by atoms with Crippen LogP contribution < -0.4 is 0 Å². The molecule has 0 saturated heterocycles. The van der Waals surface area contributed by atoms with E-state index in [2.05, 4.69) is 30.6 Å². The molecule has 19 heavy (non-hydrogen) atoms. The summed E-state index contributed by atoms with van der Waals surface area (Å²) in [7, 11) is 0. The van der Waals surface area contributed by atoms with Crippen molar-refractivity contribution in [2.45, 2.75) is 71.0 Å². The van der Waals surface area contributed by atoms with Crippen LogP contribution in [-0.4, -0.2) is 22.4 Å². The molecule has 0 aliphatic carbocycles. The molecule has 0 aliphatic heterocycles. The Morgan fingerprint density at radius 1 is 0.947 bits per heavy atom. The fourth-order valence-electron chi connectivity index (χ4n) is 1.47. The third-order valence-electron chi connectivity index (χ3n) is 2.70. The van der Waals surface area contributed by atoms with Gasteiger partial charge in [0.15, 0.2) is 0 Å². The van der Waals surface area contributed by atoms with E-state index in [0.29, 0.717) is 6.42 Å². The van der Waals surface area contributed by atoms with Gasteiger partial charge in [-0.3, -0.25) is 0 Å². The van der Waals surface area contributed by atoms with Crippen LogP contribution in [0.5, 0.6) is 0 Å². The monoisotopic (exact) mass is 262 g/mol. The van der Waals surface area contributed by atoms with Crippen molar-refractivity contribution >= 4 is 0 Å². The van der Waals surface area contributed by atoms with E-state index >= 15 is 0 Å². The highest BCUT2D eigenvalue weighted by Gasteiger charge is 1.91. The summed E-state index contributed by atoms with van der Waals surface area (Å²) in [5.74, 6) is 10.3. The second kappa shape index (κ2) is 13.2. The smallest absolute Gasteiger partial charge is 0.134 e. The minimum absolute atomic E-state index is 0.592. The van der Waals surface area contributed by atoms with Crippen LogP contribution in [0.4, 0.5) is 0 Å². The SMILES string of the molecule is CCCCCCC/C=C/[C@H](O)C#CC#C[C@@H](O)CC. The predicted octanol–water partition coefficient (Wildman–Crippen LogP) is 3.04. The Bertz CT molecular complexity index is 349. The van der Waals surface area contributed by atoms with Gasteiger partial charge in [-0.1, -0.05) is 57.4 Å². The average molecular weight is 262 g/mol. The summed E-state index contributed by atoms with van der Waals surface area (Å²) < 4.78 is 0. The summed E-state index contributed by atoms with van der Waals surface area (Å²) in [5, 5.41) is 18.7. The molecule has 0 aliphatic rings. The van der Waals surface area contributed by atoms with Gasteiger partial charge in [-0.25, -0.2) is 0 Å². The molecule has 2 heteroatoms. The number of hydrogen-bond acceptors (Lipinski definition) is 2. The van der Waals surface area contributed by atoms with Gasteiger partial charge in [0.1, 0.15) is 12.2 Å². The first-order valence-electron chi connectivity index (χ1n) is 7.24. The second-order valence-electron chi connectivity index (χ2n) is 4.54. The zero-order valence-electron chi connectivity index (χ0n) is 12.2. The van der Waals surface area contributed by atoms with Crippen LogP contribution in [0.25, 0.3) is 0 Å². The number of unbranched alkanes of at least 4 members (excludes halogenated alkanes) is 5. The lowest BCUT2D eigenvalue weighted by molar-refractivity contribution is 0.228. The molecular weight excluding hydrogens is 236 g/mol. The molecular formula is C17H26O2. The molecule has 0 radical (unpaired) electrons. The minimum atomic E-state index is -0.760. The molecule has 2 atom stereocenters. The van der Waals surface area contributed by atoms with Gasteiger partial charge in [-0.2, -0.15) is 0 Å². The predicted molar refractivity (Wildman–Crippen MR) is 80.4 cm³/mol. The molecule has 0 aromatic carbocycles. The maximum Gasteiger partial charge on any atom is 0.134 e. The molecule has 0 aromatic rings. The Labute approximate surface area is 117 Å². The molecule has 2 nitrogen and oxygen atoms in total. The highest BCUT2D eigenvalue weighted by molar-refractivity contribution is 5.29. The Hall–Kier alpha value is -1.22. The van der Waals surface area contributed by atoms with Crippen molar-refractivity contribution in [2.24, 2.45) is 0 Å². The van der Waals surface area contributed by atoms with Crippen molar-refractivity contribution in [3.05, 3.63) is 12.2 Å². The van der Waals surface area contributed by atoms with Crippen molar-refractivity contribution in [2.75, 3.05) is 0 Å². The molecule has 0 spiro atoms. The maximum atomic E-state index is 9.52. The van der Waals surface area contributed by atoms with Crippen molar-refractivity contribution < 1.29 is 10.2 Å². The molecule has 0 rings (SSSR count). The Morgan fingerprint density at radius 2 is 1.63 bits per heavy atom. The third kappa shape index (κ3) is 13.0. The standard InChI is InChI=1S/C17H26O2/c1-3-5-6-7-8-9-10-14-17(19)15-12-11-13-16(18)4-2/h10,14,16-19H,3-9H2,1-2H3/b14-10+/t16-,17-/m0/s1. The summed E-state index contributed by atoms with van der Waals surface area (Å²) in [6.45, 7) is 4.06. The van der Waals surface area contributed by atoms with Gasteiger partial charge in [-0.15, -0.1) is 0 Å². The van der Waals surface area contributed by atoms with Crippen LogP contribution in [0.2, 0.25) is 0 Å². The fourth-order valence-corrected chi connectivity index (χ4v) is 1.47. The van der Waals surface area contributed by atoms with Crippen LogP contribution in [-0.2, 0) is 0 Å². The van der Waals surface area contributed by atoms with Gasteiger partial charge in [-0.05, 0) is 37.2 Å². The Kier molecular flexibility index (Phi) is 12.4. The Balaban J connectivity index is 3.75. The molecule has 0 unspecified atom stereocenters. The highest BCUT2D eigenvalue weighted by Crippen LogP contribution is 2.05. The summed E-state index contributed by atoms with van der Waals surface area (Å²) in [6.07, 6.45) is 10.1. The van der Waals surface area contributed by atoms with Gasteiger partial charge in [0.2, 0.25) is 0 Å². The van der Waals surface area contributed by atoms with Crippen LogP contribution >= 0.6 is 0 Å². The van der Waals surface area contributed by atoms with Gasteiger partial charge in [0.25, 0.3) is 0 Å². The van der Waals surface area contributed by atoms with Crippen molar-refractivity contribution in [3.8, 4) is 23.7 Å². The molecule has 0 saturated carbocycles. The van der Waals surface area contributed by atoms with Gasteiger partial charge in [0, 0.05) is 0 Å². The summed E-state index contributed by atoms with van der Waals surface area (Å²) in [4.78, 5) is 0. The molecule has 106 valence electrons. The minimum Gasteiger partial charge on any atom is -0.380 e. The van der Waals surface area contributed by atoms with Crippen molar-refractivity contribution in [1.82, 2.24) is 0 Å². The first-order chi connectivity index (χ1) is 9.20. The summed E-state index contributed by atoms with van der Waals surface area (Å²) in [6, 6.07) is 0. The topological polar surface area (TPSA) is 40.5 Å². The van der Waals surface area contributed by atoms with Crippen molar-refractivity contribution in [3.63, 3.8) is 0 Å². The quantitative estimate of drug-likeness (QED) is 0.401. The lowest BCUT2D eigenvalue weighted by atomic mass is 10.1. The number of allylic oxidation sites excluding steroid dienone is 1. The van der Waals surface area contributed by atoms with Gasteiger partial charge < -0.3 is 10.2 Å². The number of aliphatic hydroxyl groups excluding tert-OH is 2. The first kappa shape index (κ1) is 17.8. The number of aliphatic hydroxyl groups is 2. The largest absolute Gasteiger partial charge is 0.380 e. The van der Waals surface area contributed by atoms with E-state index in [1.807, 2.05) is 13.0 Å². The number of rotatable bonds is 8. The average Bonchev–Trinajstić information content (AvgIpc) is 2.42. The Morgan fingerprint density at radius 3 is 2.32 bits per heavy atom. The van der Waals surface area contributed by atoms with E-state index in [1.165, 1.54) is 32.1 Å². The van der Waals surface area contributed by atoms with E-state index < -0.39 is 12.2 Å². The summed E-state index contributed by atoms with van der Waals surface area (Å²) in [5.41, 5.74) is 0. The lowest BCUT2D eigenvalue weighted by Gasteiger charge is -1.97. The third-order valence-corrected chi connectivity index (χ3v) is 2.70. The second-order valence-corrected chi connectivity index (χ2v) is 4.54. The zero-order valence-corrected chi connectivity index (χ0v) is 12.2. The van der Waals surface area contributed by atoms with Crippen molar-refractivity contribution in [1.29, 1.82) is 0 Å². The van der Waals surface area contributed by atoms with E-state index in [9.17, 15) is 5.11 Å². The van der Waals surface area contributed by atoms with Crippen LogP contribution in [0, 0.1) is 23.7 Å².